The second kappa shape index (κ2) is 8.13. The molecule has 0 atom stereocenters. The summed E-state index contributed by atoms with van der Waals surface area (Å²) < 4.78 is 26.6. The number of nitrogens with one attached hydrogen (secondary N) is 2. The van der Waals surface area contributed by atoms with Crippen molar-refractivity contribution in [2.24, 2.45) is 5.92 Å². The van der Waals surface area contributed by atoms with Crippen LogP contribution in [0.4, 0.5) is 0 Å². The number of halogens is 1. The standard InChI is InChI=1S/C16H23ClN2O3S/c1-12-2-6-14(7-3-12)19-16(20)10-11-18-23(21,22)15-8-4-13(17)5-9-15/h4-5,8-9,12,14,18H,2-3,6-7,10-11H2,1H3,(H,19,20). The fourth-order valence-corrected chi connectivity index (χ4v) is 3.86. The molecule has 2 rings (SSSR count). The molecule has 0 heterocycles. The zero-order chi connectivity index (χ0) is 16.9. The quantitative estimate of drug-likeness (QED) is 0.821. The minimum atomic E-state index is -3.60. The maximum Gasteiger partial charge on any atom is 0.240 e. The Kier molecular flexibility index (Phi) is 6.44. The topological polar surface area (TPSA) is 75.3 Å². The lowest BCUT2D eigenvalue weighted by Crippen LogP contribution is -2.39. The lowest BCUT2D eigenvalue weighted by molar-refractivity contribution is -0.121. The average Bonchev–Trinajstić information content (AvgIpc) is 2.50. The molecule has 7 heteroatoms. The van der Waals surface area contributed by atoms with Crippen molar-refractivity contribution in [1.82, 2.24) is 10.0 Å². The number of amides is 1. The van der Waals surface area contributed by atoms with Gasteiger partial charge in [0.05, 0.1) is 4.90 Å². The van der Waals surface area contributed by atoms with Crippen LogP contribution in [0.3, 0.4) is 0 Å². The summed E-state index contributed by atoms with van der Waals surface area (Å²) in [5, 5.41) is 3.46. The molecule has 1 aliphatic carbocycles. The van der Waals surface area contributed by atoms with Crippen LogP contribution in [-0.4, -0.2) is 26.9 Å². The van der Waals surface area contributed by atoms with E-state index in [0.29, 0.717) is 5.02 Å². The Balaban J connectivity index is 1.75. The van der Waals surface area contributed by atoms with Crippen molar-refractivity contribution in [1.29, 1.82) is 0 Å². The second-order valence-corrected chi connectivity index (χ2v) is 8.33. The van der Waals surface area contributed by atoms with E-state index in [1.165, 1.54) is 24.3 Å². The minimum absolute atomic E-state index is 0.0832. The van der Waals surface area contributed by atoms with Gasteiger partial charge < -0.3 is 5.32 Å². The molecule has 0 unspecified atom stereocenters. The first-order valence-corrected chi connectivity index (χ1v) is 9.77. The predicted octanol–water partition coefficient (Wildman–Crippen LogP) is 2.70. The van der Waals surface area contributed by atoms with E-state index < -0.39 is 10.0 Å². The van der Waals surface area contributed by atoms with Crippen LogP contribution in [0.1, 0.15) is 39.0 Å². The van der Waals surface area contributed by atoms with Gasteiger partial charge in [-0.25, -0.2) is 13.1 Å². The summed E-state index contributed by atoms with van der Waals surface area (Å²) in [6, 6.07) is 6.15. The van der Waals surface area contributed by atoms with Gasteiger partial charge in [-0.1, -0.05) is 18.5 Å². The Morgan fingerprint density at radius 1 is 1.17 bits per heavy atom. The summed E-state index contributed by atoms with van der Waals surface area (Å²) in [6.07, 6.45) is 4.41. The zero-order valence-electron chi connectivity index (χ0n) is 13.2. The first-order chi connectivity index (χ1) is 10.9. The molecule has 0 saturated heterocycles. The predicted molar refractivity (Wildman–Crippen MR) is 90.8 cm³/mol. The Bertz CT molecular complexity index is 623. The summed E-state index contributed by atoms with van der Waals surface area (Å²) in [5.74, 6) is 0.623. The highest BCUT2D eigenvalue weighted by Crippen LogP contribution is 2.23. The molecule has 128 valence electrons. The van der Waals surface area contributed by atoms with Crippen molar-refractivity contribution in [3.63, 3.8) is 0 Å². The molecule has 1 amide bonds. The van der Waals surface area contributed by atoms with Gasteiger partial charge in [0.2, 0.25) is 15.9 Å². The largest absolute Gasteiger partial charge is 0.353 e. The fourth-order valence-electron chi connectivity index (χ4n) is 2.70. The van der Waals surface area contributed by atoms with Crippen LogP contribution < -0.4 is 10.0 Å². The maximum absolute atomic E-state index is 12.1. The van der Waals surface area contributed by atoms with E-state index in [4.69, 9.17) is 11.6 Å². The average molecular weight is 359 g/mol. The van der Waals surface area contributed by atoms with Crippen molar-refractivity contribution in [2.75, 3.05) is 6.54 Å². The molecule has 2 N–H and O–H groups in total. The monoisotopic (exact) mass is 358 g/mol. The van der Waals surface area contributed by atoms with Gasteiger partial charge in [0.25, 0.3) is 0 Å². The normalized spacial score (nSPS) is 21.8. The van der Waals surface area contributed by atoms with Crippen LogP contribution in [0.15, 0.2) is 29.2 Å². The molecule has 0 bridgehead atoms. The van der Waals surface area contributed by atoms with Gasteiger partial charge in [-0.3, -0.25) is 4.79 Å². The van der Waals surface area contributed by atoms with Crippen LogP contribution in [0.25, 0.3) is 0 Å². The third-order valence-corrected chi connectivity index (χ3v) is 5.88. The molecule has 0 radical (unpaired) electrons. The molecule has 0 spiro atoms. The molecule has 0 aromatic heterocycles. The summed E-state index contributed by atoms with van der Waals surface area (Å²) in [6.45, 7) is 2.31. The van der Waals surface area contributed by atoms with E-state index in [-0.39, 0.29) is 29.8 Å². The third kappa shape index (κ3) is 5.79. The highest BCUT2D eigenvalue weighted by molar-refractivity contribution is 7.89. The van der Waals surface area contributed by atoms with Gasteiger partial charge in [0.15, 0.2) is 0 Å². The highest BCUT2D eigenvalue weighted by atomic mass is 35.5. The van der Waals surface area contributed by atoms with Crippen LogP contribution >= 0.6 is 11.6 Å². The van der Waals surface area contributed by atoms with Crippen molar-refractivity contribution in [3.05, 3.63) is 29.3 Å². The SMILES string of the molecule is CC1CCC(NC(=O)CCNS(=O)(=O)c2ccc(Cl)cc2)CC1. The smallest absolute Gasteiger partial charge is 0.240 e. The van der Waals surface area contributed by atoms with Gasteiger partial charge in [-0.2, -0.15) is 0 Å². The number of carbonyl (C=O) groups excluding carboxylic acids is 1. The van der Waals surface area contributed by atoms with Gasteiger partial charge in [-0.15, -0.1) is 0 Å². The molecule has 5 nitrogen and oxygen atoms in total. The maximum atomic E-state index is 12.1. The van der Waals surface area contributed by atoms with Crippen molar-refractivity contribution < 1.29 is 13.2 Å². The van der Waals surface area contributed by atoms with Crippen LogP contribution in [-0.2, 0) is 14.8 Å². The zero-order valence-corrected chi connectivity index (χ0v) is 14.8. The molecular weight excluding hydrogens is 336 g/mol. The Hall–Kier alpha value is -1.11. The van der Waals surface area contributed by atoms with E-state index in [1.807, 2.05) is 0 Å². The van der Waals surface area contributed by atoms with Gasteiger partial charge in [-0.05, 0) is 55.9 Å². The lowest BCUT2D eigenvalue weighted by Gasteiger charge is -2.26. The van der Waals surface area contributed by atoms with E-state index in [0.717, 1.165) is 31.6 Å². The van der Waals surface area contributed by atoms with Crippen molar-refractivity contribution in [2.45, 2.75) is 50.0 Å². The molecule has 1 saturated carbocycles. The molecule has 1 aliphatic rings. The number of hydrogen-bond acceptors (Lipinski definition) is 3. The summed E-state index contributed by atoms with van der Waals surface area (Å²) >= 11 is 5.74. The number of carbonyl (C=O) groups is 1. The van der Waals surface area contributed by atoms with E-state index in [1.54, 1.807) is 0 Å². The highest BCUT2D eigenvalue weighted by Gasteiger charge is 2.20. The molecule has 1 aromatic rings. The van der Waals surface area contributed by atoms with E-state index in [9.17, 15) is 13.2 Å². The number of rotatable bonds is 6. The second-order valence-electron chi connectivity index (χ2n) is 6.13. The van der Waals surface area contributed by atoms with Crippen LogP contribution in [0.2, 0.25) is 5.02 Å². The molecule has 0 aliphatic heterocycles. The van der Waals surface area contributed by atoms with Crippen LogP contribution in [0, 0.1) is 5.92 Å². The van der Waals surface area contributed by atoms with Crippen molar-refractivity contribution >= 4 is 27.5 Å². The summed E-state index contributed by atoms with van der Waals surface area (Å²) in [4.78, 5) is 12.0. The Morgan fingerprint density at radius 2 is 1.78 bits per heavy atom. The summed E-state index contributed by atoms with van der Waals surface area (Å²) in [7, 11) is -3.60. The number of sulfonamides is 1. The Labute approximate surface area is 142 Å². The molecule has 23 heavy (non-hydrogen) atoms. The number of benzene rings is 1. The number of hydrogen-bond donors (Lipinski definition) is 2. The van der Waals surface area contributed by atoms with Gasteiger partial charge in [0.1, 0.15) is 0 Å². The van der Waals surface area contributed by atoms with Crippen molar-refractivity contribution in [3.8, 4) is 0 Å². The first kappa shape index (κ1) is 18.2. The van der Waals surface area contributed by atoms with E-state index in [2.05, 4.69) is 17.0 Å². The third-order valence-electron chi connectivity index (χ3n) is 4.15. The molecule has 1 fully saturated rings. The van der Waals surface area contributed by atoms with Crippen LogP contribution in [0.5, 0.6) is 0 Å². The molecule has 1 aromatic carbocycles. The Morgan fingerprint density at radius 3 is 2.39 bits per heavy atom. The van der Waals surface area contributed by atoms with Gasteiger partial charge >= 0.3 is 0 Å². The lowest BCUT2D eigenvalue weighted by atomic mass is 9.87. The first-order valence-electron chi connectivity index (χ1n) is 7.91. The summed E-state index contributed by atoms with van der Waals surface area (Å²) in [5.41, 5.74) is 0. The van der Waals surface area contributed by atoms with E-state index >= 15 is 0 Å². The molecular formula is C16H23ClN2O3S. The van der Waals surface area contributed by atoms with Gasteiger partial charge in [0, 0.05) is 24.0 Å². The minimum Gasteiger partial charge on any atom is -0.353 e. The fraction of sp³-hybridized carbons (Fsp3) is 0.562.